The Kier molecular flexibility index (Phi) is 4.06. The predicted octanol–water partition coefficient (Wildman–Crippen LogP) is -1.90. The van der Waals surface area contributed by atoms with Crippen molar-refractivity contribution in [2.75, 3.05) is 0 Å². The highest BCUT2D eigenvalue weighted by Crippen LogP contribution is 2.11. The molecule has 0 saturated carbocycles. The van der Waals surface area contributed by atoms with Gasteiger partial charge in [-0.2, -0.15) is 8.42 Å². The lowest BCUT2D eigenvalue weighted by Crippen LogP contribution is -2.36. The molecule has 0 atom stereocenters. The molecule has 0 bridgehead atoms. The lowest BCUT2D eigenvalue weighted by Gasteiger charge is -2.14. The smallest absolute Gasteiger partial charge is 0.321 e. The van der Waals surface area contributed by atoms with E-state index in [1.165, 1.54) is 6.92 Å². The van der Waals surface area contributed by atoms with Gasteiger partial charge in [0, 0.05) is 6.42 Å². The molecule has 6 nitrogen and oxygen atoms in total. The molecular weight excluding hydrogens is 164 g/mol. The molecule has 0 aliphatic rings. The molecule has 0 aromatic carbocycles. The first-order valence-electron chi connectivity index (χ1n) is 2.23. The van der Waals surface area contributed by atoms with E-state index in [9.17, 15) is 8.42 Å². The van der Waals surface area contributed by atoms with E-state index in [0.29, 0.717) is 0 Å². The van der Waals surface area contributed by atoms with Crippen LogP contribution in [0.15, 0.2) is 0 Å². The van der Waals surface area contributed by atoms with E-state index in [4.69, 9.17) is 14.8 Å². The Hall–Kier alpha value is -0.210. The van der Waals surface area contributed by atoms with Crippen LogP contribution in [0.3, 0.4) is 0 Å². The average molecular weight is 174 g/mol. The van der Waals surface area contributed by atoms with E-state index < -0.39 is 21.7 Å². The molecule has 0 radical (unpaired) electrons. The highest BCUT2D eigenvalue weighted by molar-refractivity contribution is 7.86. The van der Waals surface area contributed by atoms with Crippen LogP contribution in [0.4, 0.5) is 0 Å². The van der Waals surface area contributed by atoms with Crippen LogP contribution in [0.25, 0.3) is 0 Å². The largest absolute Gasteiger partial charge is 0.412 e. The van der Waals surface area contributed by atoms with Gasteiger partial charge in [-0.25, -0.2) is 0 Å². The van der Waals surface area contributed by atoms with Crippen LogP contribution in [0.5, 0.6) is 0 Å². The highest BCUT2D eigenvalue weighted by Gasteiger charge is 2.35. The summed E-state index contributed by atoms with van der Waals surface area (Å²) in [7, 11) is -4.74. The lowest BCUT2D eigenvalue weighted by atomic mass is 10.5. The second kappa shape index (κ2) is 3.26. The third-order valence-corrected chi connectivity index (χ3v) is 1.99. The third kappa shape index (κ3) is 2.58. The highest BCUT2D eigenvalue weighted by atomic mass is 32.2. The molecule has 10 heavy (non-hydrogen) atoms. The first kappa shape index (κ1) is 12.5. The van der Waals surface area contributed by atoms with Crippen molar-refractivity contribution in [3.8, 4) is 0 Å². The first-order valence-corrected chi connectivity index (χ1v) is 3.67. The summed E-state index contributed by atoms with van der Waals surface area (Å²) in [6.45, 7) is 1.22. The van der Waals surface area contributed by atoms with Crippen molar-refractivity contribution < 1.29 is 28.7 Å². The SMILES string of the molecule is CCC(O)(O)S(=O)(=O)O.O. The standard InChI is InChI=1S/C3H8O5S.H2O/c1-2-3(4,5)9(6,7)8;/h4-5H,2H2,1H3,(H,6,7,8);1H2. The number of aliphatic hydroxyl groups is 2. The normalized spacial score (nSPS) is 12.4. The molecule has 0 aliphatic carbocycles. The topological polar surface area (TPSA) is 126 Å². The first-order chi connectivity index (χ1) is 3.81. The van der Waals surface area contributed by atoms with E-state index in [1.807, 2.05) is 0 Å². The Morgan fingerprint density at radius 2 is 1.70 bits per heavy atom. The second-order valence-electron chi connectivity index (χ2n) is 1.57. The summed E-state index contributed by atoms with van der Waals surface area (Å²) in [5, 5.41) is 13.8. The third-order valence-electron chi connectivity index (χ3n) is 0.874. The van der Waals surface area contributed by atoms with Crippen molar-refractivity contribution in [1.29, 1.82) is 0 Å². The fraction of sp³-hybridized carbons (Fsp3) is 1.00. The lowest BCUT2D eigenvalue weighted by molar-refractivity contribution is -0.0924. The van der Waals surface area contributed by atoms with E-state index in [-0.39, 0.29) is 5.48 Å². The fourth-order valence-corrected chi connectivity index (χ4v) is 0.547. The van der Waals surface area contributed by atoms with Crippen LogP contribution in [0.2, 0.25) is 0 Å². The Morgan fingerprint density at radius 1 is 1.40 bits per heavy atom. The Bertz CT molecular complexity index is 179. The summed E-state index contributed by atoms with van der Waals surface area (Å²) < 4.78 is 27.9. The quantitative estimate of drug-likeness (QED) is 0.333. The number of hydrogen-bond donors (Lipinski definition) is 3. The Morgan fingerprint density at radius 3 is 1.70 bits per heavy atom. The van der Waals surface area contributed by atoms with E-state index >= 15 is 0 Å². The van der Waals surface area contributed by atoms with Crippen LogP contribution >= 0.6 is 0 Å². The van der Waals surface area contributed by atoms with Crippen LogP contribution in [-0.4, -0.2) is 33.8 Å². The summed E-state index contributed by atoms with van der Waals surface area (Å²) in [5.41, 5.74) is 0. The summed E-state index contributed by atoms with van der Waals surface area (Å²) in [6, 6.07) is 0. The van der Waals surface area contributed by atoms with E-state index in [1.54, 1.807) is 0 Å². The summed E-state index contributed by atoms with van der Waals surface area (Å²) in [6.07, 6.45) is -0.466. The van der Waals surface area contributed by atoms with Crippen molar-refractivity contribution in [3.63, 3.8) is 0 Å². The second-order valence-corrected chi connectivity index (χ2v) is 3.18. The molecule has 0 aliphatic heterocycles. The molecule has 0 fully saturated rings. The van der Waals surface area contributed by atoms with Gasteiger partial charge in [0.25, 0.3) is 5.12 Å². The zero-order chi connectivity index (χ0) is 7.71. The van der Waals surface area contributed by atoms with Crippen LogP contribution < -0.4 is 0 Å². The maximum atomic E-state index is 9.94. The summed E-state index contributed by atoms with van der Waals surface area (Å²) in [4.78, 5) is 0. The Labute approximate surface area is 58.2 Å². The van der Waals surface area contributed by atoms with Gasteiger partial charge in [0.1, 0.15) is 0 Å². The van der Waals surface area contributed by atoms with Gasteiger partial charge in [0.15, 0.2) is 0 Å². The van der Waals surface area contributed by atoms with Crippen molar-refractivity contribution in [3.05, 3.63) is 0 Å². The van der Waals surface area contributed by atoms with Crippen molar-refractivity contribution in [2.24, 2.45) is 0 Å². The maximum Gasteiger partial charge on any atom is 0.321 e. The molecule has 64 valence electrons. The molecule has 0 heterocycles. The molecule has 5 N–H and O–H groups in total. The minimum Gasteiger partial charge on any atom is -0.412 e. The van der Waals surface area contributed by atoms with Crippen LogP contribution in [-0.2, 0) is 10.1 Å². The van der Waals surface area contributed by atoms with Crippen LogP contribution in [0, 0.1) is 0 Å². The van der Waals surface area contributed by atoms with E-state index in [2.05, 4.69) is 0 Å². The molecule has 0 aromatic heterocycles. The zero-order valence-corrected chi connectivity index (χ0v) is 6.09. The molecule has 7 heteroatoms. The molecule has 0 aromatic rings. The monoisotopic (exact) mass is 174 g/mol. The van der Waals surface area contributed by atoms with Gasteiger partial charge in [-0.05, 0) is 0 Å². The van der Waals surface area contributed by atoms with Gasteiger partial charge in [-0.15, -0.1) is 0 Å². The van der Waals surface area contributed by atoms with Crippen LogP contribution in [0.1, 0.15) is 13.3 Å². The van der Waals surface area contributed by atoms with Gasteiger partial charge in [-0.1, -0.05) is 6.92 Å². The predicted molar refractivity (Wildman–Crippen MR) is 32.6 cm³/mol. The number of rotatable bonds is 2. The molecule has 0 saturated heterocycles. The molecule has 0 unspecified atom stereocenters. The summed E-state index contributed by atoms with van der Waals surface area (Å²) >= 11 is 0. The van der Waals surface area contributed by atoms with Gasteiger partial charge in [0.2, 0.25) is 0 Å². The fourth-order valence-electron chi connectivity index (χ4n) is 0.182. The van der Waals surface area contributed by atoms with E-state index in [0.717, 1.165) is 0 Å². The van der Waals surface area contributed by atoms with Crippen molar-refractivity contribution in [1.82, 2.24) is 0 Å². The minimum atomic E-state index is -4.74. The molecule has 0 amide bonds. The van der Waals surface area contributed by atoms with Gasteiger partial charge in [0.05, 0.1) is 0 Å². The summed E-state index contributed by atoms with van der Waals surface area (Å²) in [5.74, 6) is 0. The van der Waals surface area contributed by atoms with Gasteiger partial charge >= 0.3 is 10.1 Å². The van der Waals surface area contributed by atoms with Crippen molar-refractivity contribution in [2.45, 2.75) is 18.5 Å². The number of hydrogen-bond acceptors (Lipinski definition) is 4. The van der Waals surface area contributed by atoms with Gasteiger partial charge < -0.3 is 15.7 Å². The molecule has 0 spiro atoms. The Balaban J connectivity index is 0. The average Bonchev–Trinajstić information content (AvgIpc) is 1.64. The maximum absolute atomic E-state index is 9.94. The molecule has 0 rings (SSSR count). The zero-order valence-electron chi connectivity index (χ0n) is 5.27. The van der Waals surface area contributed by atoms with Gasteiger partial charge in [-0.3, -0.25) is 4.55 Å². The molecular formula is C3H10O6S. The van der Waals surface area contributed by atoms with Crippen molar-refractivity contribution >= 4 is 10.1 Å². The minimum absolute atomic E-state index is 0.